The fourth-order valence-corrected chi connectivity index (χ4v) is 3.06. The number of carbonyl (C=O) groups is 3. The van der Waals surface area contributed by atoms with E-state index in [9.17, 15) is 14.4 Å². The summed E-state index contributed by atoms with van der Waals surface area (Å²) >= 11 is 11.8. The number of nitrogens with zero attached hydrogens (tertiary/aromatic N) is 1. The number of benzene rings is 2. The van der Waals surface area contributed by atoms with Crippen molar-refractivity contribution in [3.8, 4) is 0 Å². The van der Waals surface area contributed by atoms with Crippen molar-refractivity contribution >= 4 is 52.4 Å². The molecule has 2 aromatic rings. The predicted octanol–water partition coefficient (Wildman–Crippen LogP) is 3.60. The number of ether oxygens (including phenoxy) is 1. The third kappa shape index (κ3) is 4.13. The third-order valence-corrected chi connectivity index (χ3v) is 4.44. The lowest BCUT2D eigenvalue weighted by atomic mass is 10.1. The Kier molecular flexibility index (Phi) is 5.48. The number of rotatable bonds is 5. The summed E-state index contributed by atoms with van der Waals surface area (Å²) in [6, 6.07) is 11.5. The zero-order chi connectivity index (χ0) is 19.6. The molecule has 8 heteroatoms. The highest BCUT2D eigenvalue weighted by Gasteiger charge is 2.32. The number of hydrogen-bond donors (Lipinski definition) is 1. The molecule has 1 aliphatic heterocycles. The molecule has 0 aliphatic carbocycles. The van der Waals surface area contributed by atoms with Crippen LogP contribution in [0.2, 0.25) is 10.0 Å². The summed E-state index contributed by atoms with van der Waals surface area (Å²) in [5, 5.41) is 3.21. The van der Waals surface area contributed by atoms with Crippen LogP contribution >= 0.6 is 23.2 Å². The van der Waals surface area contributed by atoms with E-state index in [1.165, 1.54) is 17.0 Å². The Hall–Kier alpha value is -2.83. The number of halogens is 2. The van der Waals surface area contributed by atoms with Crippen molar-refractivity contribution in [3.05, 3.63) is 70.2 Å². The molecule has 2 aromatic carbocycles. The fraction of sp³-hybridized carbons (Fsp3) is 0.105. The van der Waals surface area contributed by atoms with E-state index in [2.05, 4.69) is 11.9 Å². The maximum atomic E-state index is 12.3. The van der Waals surface area contributed by atoms with Crippen LogP contribution in [0.4, 0.5) is 5.69 Å². The van der Waals surface area contributed by atoms with Gasteiger partial charge in [0.2, 0.25) is 0 Å². The van der Waals surface area contributed by atoms with Gasteiger partial charge in [-0.3, -0.25) is 19.3 Å². The van der Waals surface area contributed by atoms with Crippen molar-refractivity contribution in [2.24, 2.45) is 0 Å². The summed E-state index contributed by atoms with van der Waals surface area (Å²) in [5.41, 5.74) is 1.92. The van der Waals surface area contributed by atoms with Gasteiger partial charge >= 0.3 is 5.97 Å². The molecule has 2 amide bonds. The van der Waals surface area contributed by atoms with Crippen molar-refractivity contribution in [1.29, 1.82) is 0 Å². The van der Waals surface area contributed by atoms with Crippen LogP contribution in [0.5, 0.6) is 0 Å². The second-order valence-corrected chi connectivity index (χ2v) is 6.56. The predicted molar refractivity (Wildman–Crippen MR) is 103 cm³/mol. The Bertz CT molecular complexity index is 923. The molecule has 3 rings (SSSR count). The third-order valence-electron chi connectivity index (χ3n) is 3.90. The topological polar surface area (TPSA) is 75.7 Å². The lowest BCUT2D eigenvalue weighted by molar-refractivity contribution is -0.147. The van der Waals surface area contributed by atoms with Crippen LogP contribution < -0.4 is 5.32 Å². The van der Waals surface area contributed by atoms with Crippen LogP contribution in [0, 0.1) is 0 Å². The molecule has 1 aliphatic rings. The van der Waals surface area contributed by atoms with E-state index in [1.807, 2.05) is 0 Å². The van der Waals surface area contributed by atoms with E-state index in [-0.39, 0.29) is 17.5 Å². The van der Waals surface area contributed by atoms with Gasteiger partial charge in [0.25, 0.3) is 11.8 Å². The highest BCUT2D eigenvalue weighted by atomic mass is 35.5. The van der Waals surface area contributed by atoms with Gasteiger partial charge in [-0.25, -0.2) is 0 Å². The van der Waals surface area contributed by atoms with Gasteiger partial charge in [0, 0.05) is 21.8 Å². The Morgan fingerprint density at radius 3 is 2.48 bits per heavy atom. The molecule has 0 atom stereocenters. The van der Waals surface area contributed by atoms with E-state index in [0.717, 1.165) is 0 Å². The summed E-state index contributed by atoms with van der Waals surface area (Å²) in [6.45, 7) is 2.99. The number of carbonyl (C=O) groups excluding carboxylic acids is 3. The number of esters is 1. The average molecular weight is 405 g/mol. The first-order valence-electron chi connectivity index (χ1n) is 7.87. The molecule has 27 heavy (non-hydrogen) atoms. The molecule has 0 unspecified atom stereocenters. The number of fused-ring (bicyclic) bond motifs is 1. The SMILES string of the molecule is C=C1c2ccccc2C(=O)N1CC(=O)OCC(=O)Nc1ccc(Cl)cc1Cl. The van der Waals surface area contributed by atoms with Crippen molar-refractivity contribution in [2.75, 3.05) is 18.5 Å². The average Bonchev–Trinajstić information content (AvgIpc) is 2.88. The minimum Gasteiger partial charge on any atom is -0.454 e. The van der Waals surface area contributed by atoms with Crippen LogP contribution in [-0.2, 0) is 14.3 Å². The molecule has 1 heterocycles. The van der Waals surface area contributed by atoms with Crippen molar-refractivity contribution < 1.29 is 19.1 Å². The molecule has 0 fully saturated rings. The largest absolute Gasteiger partial charge is 0.454 e. The van der Waals surface area contributed by atoms with Crippen LogP contribution in [0.15, 0.2) is 49.0 Å². The highest BCUT2D eigenvalue weighted by Crippen LogP contribution is 2.30. The molecule has 1 N–H and O–H groups in total. The van der Waals surface area contributed by atoms with Crippen LogP contribution in [-0.4, -0.2) is 35.8 Å². The molecule has 138 valence electrons. The molecular weight excluding hydrogens is 391 g/mol. The van der Waals surface area contributed by atoms with E-state index in [0.29, 0.717) is 27.5 Å². The Labute approximate surface area is 165 Å². The lowest BCUT2D eigenvalue weighted by Gasteiger charge is -2.16. The van der Waals surface area contributed by atoms with Gasteiger partial charge in [-0.2, -0.15) is 0 Å². The fourth-order valence-electron chi connectivity index (χ4n) is 2.60. The number of anilines is 1. The minimum absolute atomic E-state index is 0.263. The number of amides is 2. The highest BCUT2D eigenvalue weighted by molar-refractivity contribution is 6.36. The number of hydrogen-bond acceptors (Lipinski definition) is 4. The summed E-state index contributed by atoms with van der Waals surface area (Å²) in [4.78, 5) is 37.5. The summed E-state index contributed by atoms with van der Waals surface area (Å²) in [7, 11) is 0. The molecule has 0 aromatic heterocycles. The first-order chi connectivity index (χ1) is 12.9. The van der Waals surface area contributed by atoms with E-state index in [4.69, 9.17) is 27.9 Å². The van der Waals surface area contributed by atoms with E-state index in [1.54, 1.807) is 30.3 Å². The molecule has 0 bridgehead atoms. The van der Waals surface area contributed by atoms with Gasteiger partial charge in [0.05, 0.1) is 10.7 Å². The molecule has 0 saturated carbocycles. The first-order valence-corrected chi connectivity index (χ1v) is 8.63. The molecule has 6 nitrogen and oxygen atoms in total. The van der Waals surface area contributed by atoms with Crippen LogP contribution in [0.3, 0.4) is 0 Å². The Balaban J connectivity index is 1.54. The van der Waals surface area contributed by atoms with E-state index < -0.39 is 18.5 Å². The van der Waals surface area contributed by atoms with Crippen molar-refractivity contribution in [2.45, 2.75) is 0 Å². The summed E-state index contributed by atoms with van der Waals surface area (Å²) in [6.07, 6.45) is 0. The van der Waals surface area contributed by atoms with E-state index >= 15 is 0 Å². The van der Waals surface area contributed by atoms with Crippen molar-refractivity contribution in [3.63, 3.8) is 0 Å². The Morgan fingerprint density at radius 2 is 1.81 bits per heavy atom. The van der Waals surface area contributed by atoms with Gasteiger partial charge in [-0.05, 0) is 24.3 Å². The molecule has 0 radical (unpaired) electrons. The normalized spacial score (nSPS) is 12.7. The van der Waals surface area contributed by atoms with Gasteiger partial charge in [-0.15, -0.1) is 0 Å². The standard InChI is InChI=1S/C19H14Cl2N2O4/c1-11-13-4-2-3-5-14(13)19(26)23(11)9-18(25)27-10-17(24)22-16-7-6-12(20)8-15(16)21/h2-8H,1,9-10H2,(H,22,24). The second-order valence-electron chi connectivity index (χ2n) is 5.72. The quantitative estimate of drug-likeness (QED) is 0.772. The maximum Gasteiger partial charge on any atom is 0.326 e. The second kappa shape index (κ2) is 7.82. The monoisotopic (exact) mass is 404 g/mol. The van der Waals surface area contributed by atoms with Gasteiger partial charge < -0.3 is 10.1 Å². The maximum absolute atomic E-state index is 12.3. The lowest BCUT2D eigenvalue weighted by Crippen LogP contribution is -2.32. The molecular formula is C19H14Cl2N2O4. The van der Waals surface area contributed by atoms with Crippen molar-refractivity contribution in [1.82, 2.24) is 4.90 Å². The Morgan fingerprint density at radius 1 is 1.11 bits per heavy atom. The molecule has 0 spiro atoms. The number of nitrogens with one attached hydrogen (secondary N) is 1. The van der Waals surface area contributed by atoms with Gasteiger partial charge in [-0.1, -0.05) is 48.0 Å². The van der Waals surface area contributed by atoms with Gasteiger partial charge in [0.1, 0.15) is 6.54 Å². The summed E-state index contributed by atoms with van der Waals surface area (Å²) < 4.78 is 4.94. The summed E-state index contributed by atoms with van der Waals surface area (Å²) in [5.74, 6) is -1.62. The zero-order valence-electron chi connectivity index (χ0n) is 14.0. The van der Waals surface area contributed by atoms with Gasteiger partial charge in [0.15, 0.2) is 6.61 Å². The minimum atomic E-state index is -0.727. The van der Waals surface area contributed by atoms with Crippen LogP contribution in [0.25, 0.3) is 5.70 Å². The smallest absolute Gasteiger partial charge is 0.326 e. The zero-order valence-corrected chi connectivity index (χ0v) is 15.5. The molecule has 0 saturated heterocycles. The first kappa shape index (κ1) is 18.9. The van der Waals surface area contributed by atoms with Crippen LogP contribution in [0.1, 0.15) is 15.9 Å².